The monoisotopic (exact) mass is 266 g/mol. The molecule has 0 heterocycles. The molecule has 19 heavy (non-hydrogen) atoms. The maximum absolute atomic E-state index is 10.5. The van der Waals surface area contributed by atoms with E-state index in [1.54, 1.807) is 7.11 Å². The van der Waals surface area contributed by atoms with Crippen LogP contribution in [0.3, 0.4) is 0 Å². The van der Waals surface area contributed by atoms with Gasteiger partial charge < -0.3 is 20.9 Å². The third-order valence-electron chi connectivity index (χ3n) is 2.85. The number of carboxylic acids is 1. The lowest BCUT2D eigenvalue weighted by Crippen LogP contribution is -2.36. The van der Waals surface area contributed by atoms with Crippen molar-refractivity contribution in [2.75, 3.05) is 20.2 Å². The van der Waals surface area contributed by atoms with Gasteiger partial charge in [0, 0.05) is 12.6 Å². The van der Waals surface area contributed by atoms with Gasteiger partial charge in [0.25, 0.3) is 0 Å². The van der Waals surface area contributed by atoms with E-state index in [0.717, 1.165) is 24.3 Å². The second-order valence-corrected chi connectivity index (χ2v) is 4.63. The summed E-state index contributed by atoms with van der Waals surface area (Å²) in [6.07, 6.45) is 0.811. The second-order valence-electron chi connectivity index (χ2n) is 4.63. The molecule has 0 aliphatic rings. The quantitative estimate of drug-likeness (QED) is 0.610. The Kier molecular flexibility index (Phi) is 6.32. The van der Waals surface area contributed by atoms with Crippen molar-refractivity contribution in [3.05, 3.63) is 29.3 Å². The van der Waals surface area contributed by atoms with Gasteiger partial charge in [-0.3, -0.25) is 4.79 Å². The summed E-state index contributed by atoms with van der Waals surface area (Å²) < 4.78 is 5.30. The topological polar surface area (TPSA) is 84.6 Å². The van der Waals surface area contributed by atoms with E-state index in [1.165, 1.54) is 5.56 Å². The molecule has 0 aromatic heterocycles. The zero-order chi connectivity index (χ0) is 14.3. The fourth-order valence-corrected chi connectivity index (χ4v) is 1.91. The fraction of sp³-hybridized carbons (Fsp3) is 0.500. The molecule has 1 unspecified atom stereocenters. The van der Waals surface area contributed by atoms with Crippen LogP contribution in [-0.2, 0) is 11.2 Å². The maximum Gasteiger partial charge on any atom is 0.304 e. The number of hydrogen-bond acceptors (Lipinski definition) is 4. The summed E-state index contributed by atoms with van der Waals surface area (Å²) in [7, 11) is 1.66. The van der Waals surface area contributed by atoms with Gasteiger partial charge in [0.1, 0.15) is 5.75 Å². The van der Waals surface area contributed by atoms with Gasteiger partial charge in [0.2, 0.25) is 0 Å². The van der Waals surface area contributed by atoms with Crippen LogP contribution >= 0.6 is 0 Å². The molecule has 5 heteroatoms. The van der Waals surface area contributed by atoms with Crippen LogP contribution in [0.25, 0.3) is 0 Å². The Labute approximate surface area is 113 Å². The van der Waals surface area contributed by atoms with Gasteiger partial charge in [-0.15, -0.1) is 0 Å². The van der Waals surface area contributed by atoms with Gasteiger partial charge in [0.15, 0.2) is 0 Å². The second kappa shape index (κ2) is 7.76. The molecule has 1 rings (SSSR count). The van der Waals surface area contributed by atoms with Gasteiger partial charge in [-0.05, 0) is 31.5 Å². The highest BCUT2D eigenvalue weighted by atomic mass is 16.5. The summed E-state index contributed by atoms with van der Waals surface area (Å²) >= 11 is 0. The normalized spacial score (nSPS) is 12.2. The molecule has 106 valence electrons. The summed E-state index contributed by atoms with van der Waals surface area (Å²) in [6, 6.07) is 5.72. The molecule has 0 radical (unpaired) electrons. The van der Waals surface area contributed by atoms with Gasteiger partial charge in [-0.25, -0.2) is 0 Å². The summed E-state index contributed by atoms with van der Waals surface area (Å²) in [5.74, 6) is 0.0110. The number of ether oxygens (including phenoxy) is 1. The average Bonchev–Trinajstić information content (AvgIpc) is 2.34. The molecule has 0 saturated carbocycles. The largest absolute Gasteiger partial charge is 0.496 e. The Balaban J connectivity index is 2.37. The van der Waals surface area contributed by atoms with Crippen LogP contribution < -0.4 is 15.8 Å². The minimum Gasteiger partial charge on any atom is -0.496 e. The molecule has 1 aromatic rings. The van der Waals surface area contributed by atoms with Crippen molar-refractivity contribution in [3.8, 4) is 5.75 Å². The zero-order valence-corrected chi connectivity index (χ0v) is 11.5. The number of nitrogens with one attached hydrogen (secondary N) is 1. The number of methoxy groups -OCH3 is 1. The van der Waals surface area contributed by atoms with Gasteiger partial charge in [-0.1, -0.05) is 17.7 Å². The zero-order valence-electron chi connectivity index (χ0n) is 11.5. The average molecular weight is 266 g/mol. The Bertz CT molecular complexity index is 421. The van der Waals surface area contributed by atoms with Crippen LogP contribution in [0.15, 0.2) is 18.2 Å². The summed E-state index contributed by atoms with van der Waals surface area (Å²) in [5.41, 5.74) is 8.00. The molecule has 0 aliphatic carbocycles. The first kappa shape index (κ1) is 15.5. The third kappa shape index (κ3) is 5.72. The van der Waals surface area contributed by atoms with Crippen molar-refractivity contribution in [1.82, 2.24) is 5.32 Å². The first-order valence-corrected chi connectivity index (χ1v) is 6.34. The first-order valence-electron chi connectivity index (χ1n) is 6.34. The van der Waals surface area contributed by atoms with E-state index < -0.39 is 5.97 Å². The summed E-state index contributed by atoms with van der Waals surface area (Å²) in [4.78, 5) is 10.5. The molecule has 0 aliphatic heterocycles. The maximum atomic E-state index is 10.5. The van der Waals surface area contributed by atoms with Gasteiger partial charge >= 0.3 is 5.97 Å². The lowest BCUT2D eigenvalue weighted by Gasteiger charge is -2.12. The van der Waals surface area contributed by atoms with Crippen molar-refractivity contribution in [2.24, 2.45) is 5.73 Å². The highest BCUT2D eigenvalue weighted by Gasteiger charge is 2.07. The van der Waals surface area contributed by atoms with Crippen molar-refractivity contribution in [2.45, 2.75) is 25.8 Å². The number of aliphatic carboxylic acids is 1. The van der Waals surface area contributed by atoms with Crippen LogP contribution in [0, 0.1) is 6.92 Å². The lowest BCUT2D eigenvalue weighted by atomic mass is 10.1. The van der Waals surface area contributed by atoms with Gasteiger partial charge in [-0.2, -0.15) is 0 Å². The first-order chi connectivity index (χ1) is 9.02. The predicted molar refractivity (Wildman–Crippen MR) is 74.5 cm³/mol. The van der Waals surface area contributed by atoms with Crippen LogP contribution in [-0.4, -0.2) is 37.3 Å². The van der Waals surface area contributed by atoms with E-state index in [1.807, 2.05) is 19.1 Å². The van der Waals surface area contributed by atoms with Crippen molar-refractivity contribution in [3.63, 3.8) is 0 Å². The summed E-state index contributed by atoms with van der Waals surface area (Å²) in [5, 5.41) is 11.8. The molecular formula is C14H22N2O3. The van der Waals surface area contributed by atoms with Crippen LogP contribution in [0.1, 0.15) is 17.5 Å². The number of carboxylic acid groups (broad SMARTS) is 1. The van der Waals surface area contributed by atoms with Crippen LogP contribution in [0.5, 0.6) is 5.75 Å². The molecule has 0 saturated heterocycles. The Morgan fingerprint density at radius 2 is 2.26 bits per heavy atom. The smallest absolute Gasteiger partial charge is 0.304 e. The number of nitrogens with two attached hydrogens (primary N) is 1. The van der Waals surface area contributed by atoms with Crippen LogP contribution in [0.4, 0.5) is 0 Å². The molecular weight excluding hydrogens is 244 g/mol. The number of aryl methyl sites for hydroxylation is 1. The van der Waals surface area contributed by atoms with E-state index in [2.05, 4.69) is 11.4 Å². The molecule has 1 aromatic carbocycles. The van der Waals surface area contributed by atoms with Crippen molar-refractivity contribution >= 4 is 5.97 Å². The molecule has 0 bridgehead atoms. The van der Waals surface area contributed by atoms with E-state index in [-0.39, 0.29) is 12.5 Å². The number of rotatable bonds is 8. The highest BCUT2D eigenvalue weighted by molar-refractivity contribution is 5.67. The molecule has 0 amide bonds. The minimum absolute atomic E-state index is 0.0131. The number of carbonyl (C=O) groups is 1. The van der Waals surface area contributed by atoms with Gasteiger partial charge in [0.05, 0.1) is 13.5 Å². The SMILES string of the molecule is COc1ccc(C)cc1CCNCC(N)CC(=O)O. The number of hydrogen-bond donors (Lipinski definition) is 3. The molecule has 0 spiro atoms. The van der Waals surface area contributed by atoms with Crippen molar-refractivity contribution < 1.29 is 14.6 Å². The third-order valence-corrected chi connectivity index (χ3v) is 2.85. The van der Waals surface area contributed by atoms with Crippen molar-refractivity contribution in [1.29, 1.82) is 0 Å². The predicted octanol–water partition coefficient (Wildman–Crippen LogP) is 0.938. The fourth-order valence-electron chi connectivity index (χ4n) is 1.91. The molecule has 1 atom stereocenters. The van der Waals surface area contributed by atoms with E-state index >= 15 is 0 Å². The molecule has 4 N–H and O–H groups in total. The number of benzene rings is 1. The standard InChI is InChI=1S/C14H22N2O3/c1-10-3-4-13(19-2)11(7-10)5-6-16-9-12(15)8-14(17)18/h3-4,7,12,16H,5-6,8-9,15H2,1-2H3,(H,17,18). The van der Waals surface area contributed by atoms with E-state index in [4.69, 9.17) is 15.6 Å². The highest BCUT2D eigenvalue weighted by Crippen LogP contribution is 2.19. The lowest BCUT2D eigenvalue weighted by molar-refractivity contribution is -0.137. The summed E-state index contributed by atoms with van der Waals surface area (Å²) in [6.45, 7) is 3.28. The Morgan fingerprint density at radius 1 is 1.53 bits per heavy atom. The Morgan fingerprint density at radius 3 is 2.89 bits per heavy atom. The van der Waals surface area contributed by atoms with E-state index in [0.29, 0.717) is 6.54 Å². The van der Waals surface area contributed by atoms with Crippen LogP contribution in [0.2, 0.25) is 0 Å². The molecule has 0 fully saturated rings. The minimum atomic E-state index is -0.866. The Hall–Kier alpha value is -1.59. The molecule has 5 nitrogen and oxygen atoms in total. The van der Waals surface area contributed by atoms with E-state index in [9.17, 15) is 4.79 Å².